The van der Waals surface area contributed by atoms with Gasteiger partial charge in [-0.05, 0) is 55.9 Å². The Morgan fingerprint density at radius 3 is 2.52 bits per heavy atom. The molecule has 7 heteroatoms. The first-order valence-corrected chi connectivity index (χ1v) is 11.0. The van der Waals surface area contributed by atoms with Crippen LogP contribution in [0.1, 0.15) is 75.3 Å². The Bertz CT molecular complexity index is 1070. The quantitative estimate of drug-likeness (QED) is 0.652. The third-order valence-electron chi connectivity index (χ3n) is 5.93. The third-order valence-corrected chi connectivity index (χ3v) is 5.93. The fraction of sp³-hybridized carbons (Fsp3) is 0.500. The molecule has 3 aromatic rings. The number of amides is 1. The predicted octanol–water partition coefficient (Wildman–Crippen LogP) is 4.84. The van der Waals surface area contributed by atoms with Crippen LogP contribution in [0, 0.1) is 12.8 Å². The van der Waals surface area contributed by atoms with Gasteiger partial charge in [-0.3, -0.25) is 4.79 Å². The van der Waals surface area contributed by atoms with Gasteiger partial charge in [-0.2, -0.15) is 5.10 Å². The monoisotopic (exact) mass is 421 g/mol. The fourth-order valence-corrected chi connectivity index (χ4v) is 4.07. The summed E-state index contributed by atoms with van der Waals surface area (Å²) in [6.07, 6.45) is 4.44. The van der Waals surface area contributed by atoms with E-state index in [2.05, 4.69) is 43.2 Å². The molecule has 1 aromatic carbocycles. The van der Waals surface area contributed by atoms with E-state index in [1.165, 1.54) is 12.8 Å². The van der Waals surface area contributed by atoms with Crippen molar-refractivity contribution in [1.29, 1.82) is 0 Å². The van der Waals surface area contributed by atoms with Crippen LogP contribution in [0.4, 0.5) is 0 Å². The molecule has 2 heterocycles. The molecule has 0 radical (unpaired) electrons. The number of carbonyl (C=O) groups excluding carboxylic acids is 1. The van der Waals surface area contributed by atoms with E-state index in [1.54, 1.807) is 6.92 Å². The number of rotatable bonds is 4. The van der Waals surface area contributed by atoms with Crippen molar-refractivity contribution in [3.63, 3.8) is 0 Å². The maximum absolute atomic E-state index is 12.9. The summed E-state index contributed by atoms with van der Waals surface area (Å²) in [5, 5.41) is 16.0. The number of aromatic nitrogens is 4. The Labute approximate surface area is 183 Å². The van der Waals surface area contributed by atoms with Gasteiger partial charge in [0.25, 0.3) is 11.8 Å². The van der Waals surface area contributed by atoms with Crippen molar-refractivity contribution in [3.8, 4) is 17.3 Å². The maximum atomic E-state index is 12.9. The number of benzene rings is 1. The van der Waals surface area contributed by atoms with Crippen LogP contribution in [0.5, 0.6) is 0 Å². The van der Waals surface area contributed by atoms with Crippen molar-refractivity contribution >= 4 is 5.91 Å². The molecule has 0 saturated heterocycles. The van der Waals surface area contributed by atoms with Crippen LogP contribution in [-0.2, 0) is 5.41 Å². The largest absolute Gasteiger partial charge is 0.420 e. The zero-order valence-electron chi connectivity index (χ0n) is 19.0. The van der Waals surface area contributed by atoms with E-state index >= 15 is 0 Å². The number of hydrogen-bond donors (Lipinski definition) is 1. The first-order valence-electron chi connectivity index (χ1n) is 11.0. The van der Waals surface area contributed by atoms with E-state index in [1.807, 2.05) is 35.0 Å². The van der Waals surface area contributed by atoms with Gasteiger partial charge in [-0.1, -0.05) is 33.8 Å². The number of nitrogens with one attached hydrogen (secondary N) is 1. The van der Waals surface area contributed by atoms with Gasteiger partial charge in [0.15, 0.2) is 0 Å². The molecule has 0 spiro atoms. The first kappa shape index (κ1) is 21.3. The number of nitrogens with zero attached hydrogens (tertiary/aromatic N) is 4. The molecule has 2 aromatic heterocycles. The Morgan fingerprint density at radius 2 is 1.87 bits per heavy atom. The summed E-state index contributed by atoms with van der Waals surface area (Å²) >= 11 is 0. The molecule has 0 atom stereocenters. The lowest BCUT2D eigenvalue weighted by Crippen LogP contribution is -2.37. The Hall–Kier alpha value is -2.96. The van der Waals surface area contributed by atoms with E-state index in [0.29, 0.717) is 23.0 Å². The maximum Gasteiger partial charge on any atom is 0.268 e. The Morgan fingerprint density at radius 1 is 1.13 bits per heavy atom. The van der Waals surface area contributed by atoms with Crippen molar-refractivity contribution in [2.24, 2.45) is 5.92 Å². The average Bonchev–Trinajstić information content (AvgIpc) is 3.36. The van der Waals surface area contributed by atoms with Crippen LogP contribution in [0.25, 0.3) is 17.3 Å². The normalized spacial score (nSPS) is 19.4. The number of hydrogen-bond acceptors (Lipinski definition) is 5. The molecule has 4 rings (SSSR count). The Balaban J connectivity index is 1.63. The van der Waals surface area contributed by atoms with Gasteiger partial charge < -0.3 is 9.73 Å². The van der Waals surface area contributed by atoms with E-state index in [4.69, 9.17) is 9.52 Å². The van der Waals surface area contributed by atoms with Crippen molar-refractivity contribution < 1.29 is 9.21 Å². The molecule has 1 aliphatic carbocycles. The first-order chi connectivity index (χ1) is 14.7. The molecular weight excluding hydrogens is 390 g/mol. The molecule has 164 valence electrons. The van der Waals surface area contributed by atoms with Crippen LogP contribution < -0.4 is 5.32 Å². The lowest BCUT2D eigenvalue weighted by Gasteiger charge is -2.27. The summed E-state index contributed by atoms with van der Waals surface area (Å²) in [6, 6.07) is 9.85. The zero-order valence-corrected chi connectivity index (χ0v) is 19.0. The lowest BCUT2D eigenvalue weighted by atomic mass is 9.87. The minimum absolute atomic E-state index is 0.0291. The van der Waals surface area contributed by atoms with Crippen LogP contribution in [0.3, 0.4) is 0 Å². The van der Waals surface area contributed by atoms with Gasteiger partial charge >= 0.3 is 0 Å². The molecular formula is C24H31N5O2. The zero-order chi connectivity index (χ0) is 22.2. The molecule has 1 amide bonds. The molecule has 7 nitrogen and oxygen atoms in total. The van der Waals surface area contributed by atoms with Crippen molar-refractivity contribution in [3.05, 3.63) is 47.5 Å². The van der Waals surface area contributed by atoms with Crippen molar-refractivity contribution in [2.75, 3.05) is 0 Å². The van der Waals surface area contributed by atoms with Gasteiger partial charge in [0.2, 0.25) is 5.89 Å². The van der Waals surface area contributed by atoms with E-state index in [0.717, 1.165) is 30.1 Å². The molecule has 1 N–H and O–H groups in total. The molecule has 1 fully saturated rings. The molecule has 0 unspecified atom stereocenters. The predicted molar refractivity (Wildman–Crippen MR) is 119 cm³/mol. The Kier molecular flexibility index (Phi) is 5.69. The summed E-state index contributed by atoms with van der Waals surface area (Å²) in [6.45, 7) is 10.4. The topological polar surface area (TPSA) is 85.8 Å². The van der Waals surface area contributed by atoms with Gasteiger partial charge in [0, 0.05) is 23.9 Å². The fourth-order valence-electron chi connectivity index (χ4n) is 4.07. The van der Waals surface area contributed by atoms with Gasteiger partial charge in [-0.15, -0.1) is 10.2 Å². The van der Waals surface area contributed by atoms with Crippen LogP contribution >= 0.6 is 0 Å². The standard InChI is InChI=1S/C24H31N5O2/c1-15-9-11-18(12-10-15)25-22(30)17-7-6-8-19(13-17)29-21(24(3,4)5)14-20(28-29)23-27-26-16(2)31-23/h6-8,13-15,18H,9-12H2,1-5H3,(H,25,30). The third kappa shape index (κ3) is 4.70. The highest BCUT2D eigenvalue weighted by Gasteiger charge is 2.25. The highest BCUT2D eigenvalue weighted by Crippen LogP contribution is 2.30. The van der Waals surface area contributed by atoms with E-state index in [9.17, 15) is 4.79 Å². The minimum Gasteiger partial charge on any atom is -0.420 e. The van der Waals surface area contributed by atoms with E-state index in [-0.39, 0.29) is 17.4 Å². The van der Waals surface area contributed by atoms with Crippen LogP contribution in [-0.4, -0.2) is 31.9 Å². The SMILES string of the molecule is Cc1nnc(-c2cc(C(C)(C)C)n(-c3cccc(C(=O)NC4CCC(C)CC4)c3)n2)o1. The summed E-state index contributed by atoms with van der Waals surface area (Å²) in [5.41, 5.74) is 2.92. The van der Waals surface area contributed by atoms with Crippen LogP contribution in [0.15, 0.2) is 34.7 Å². The molecule has 0 bridgehead atoms. The summed E-state index contributed by atoms with van der Waals surface area (Å²) in [4.78, 5) is 12.9. The molecule has 31 heavy (non-hydrogen) atoms. The summed E-state index contributed by atoms with van der Waals surface area (Å²) in [7, 11) is 0. The van der Waals surface area contributed by atoms with E-state index < -0.39 is 0 Å². The van der Waals surface area contributed by atoms with Gasteiger partial charge in [-0.25, -0.2) is 4.68 Å². The van der Waals surface area contributed by atoms with Gasteiger partial charge in [0.05, 0.1) is 11.4 Å². The number of carbonyl (C=O) groups is 1. The lowest BCUT2D eigenvalue weighted by molar-refractivity contribution is 0.0923. The van der Waals surface area contributed by atoms with Crippen molar-refractivity contribution in [2.45, 2.75) is 71.8 Å². The second-order valence-electron chi connectivity index (χ2n) is 9.68. The van der Waals surface area contributed by atoms with Crippen LogP contribution in [0.2, 0.25) is 0 Å². The molecule has 0 aliphatic heterocycles. The molecule has 1 saturated carbocycles. The van der Waals surface area contributed by atoms with Gasteiger partial charge in [0.1, 0.15) is 5.69 Å². The summed E-state index contributed by atoms with van der Waals surface area (Å²) < 4.78 is 7.45. The second kappa shape index (κ2) is 8.29. The number of aryl methyl sites for hydroxylation is 1. The second-order valence-corrected chi connectivity index (χ2v) is 9.68. The smallest absolute Gasteiger partial charge is 0.268 e. The minimum atomic E-state index is -0.169. The highest BCUT2D eigenvalue weighted by molar-refractivity contribution is 5.94. The van der Waals surface area contributed by atoms with Crippen molar-refractivity contribution in [1.82, 2.24) is 25.3 Å². The molecule has 1 aliphatic rings. The highest BCUT2D eigenvalue weighted by atomic mass is 16.4. The summed E-state index contributed by atoms with van der Waals surface area (Å²) in [5.74, 6) is 1.61. The average molecular weight is 422 g/mol.